The standard InChI is InChI=1S/C18H22F3NO4/c1-17(2,3)26-16(25)22-8-7-12(10-14(22)15(23)24)11-5-4-6-13(9-11)18(19,20)21/h4-6,9,12,14H,7-8,10H2,1-3H3,(H,23,24). The number of hydrogen-bond donors (Lipinski definition) is 1. The molecule has 1 fully saturated rings. The van der Waals surface area contributed by atoms with E-state index in [1.807, 2.05) is 0 Å². The number of ether oxygens (including phenoxy) is 1. The molecule has 2 unspecified atom stereocenters. The molecule has 1 saturated heterocycles. The van der Waals surface area contributed by atoms with Gasteiger partial charge in [0.25, 0.3) is 0 Å². The zero-order valence-electron chi connectivity index (χ0n) is 14.8. The van der Waals surface area contributed by atoms with E-state index < -0.39 is 35.4 Å². The Bertz CT molecular complexity index is 682. The summed E-state index contributed by atoms with van der Waals surface area (Å²) in [7, 11) is 0. The van der Waals surface area contributed by atoms with Crippen LogP contribution in [0.1, 0.15) is 50.7 Å². The fraction of sp³-hybridized carbons (Fsp3) is 0.556. The van der Waals surface area contributed by atoms with Crippen molar-refractivity contribution < 1.29 is 32.6 Å². The van der Waals surface area contributed by atoms with Crippen LogP contribution in [-0.4, -0.2) is 40.3 Å². The van der Waals surface area contributed by atoms with E-state index in [0.717, 1.165) is 17.0 Å². The molecule has 1 aliphatic rings. The molecule has 144 valence electrons. The molecule has 0 aromatic heterocycles. The highest BCUT2D eigenvalue weighted by Gasteiger charge is 2.39. The Kier molecular flexibility index (Phi) is 5.53. The van der Waals surface area contributed by atoms with Crippen molar-refractivity contribution in [2.45, 2.75) is 57.3 Å². The van der Waals surface area contributed by atoms with Crippen LogP contribution >= 0.6 is 0 Å². The van der Waals surface area contributed by atoms with Crippen LogP contribution in [0.5, 0.6) is 0 Å². The van der Waals surface area contributed by atoms with E-state index in [-0.39, 0.29) is 18.9 Å². The maximum atomic E-state index is 12.9. The molecule has 1 N–H and O–H groups in total. The highest BCUT2D eigenvalue weighted by Crippen LogP contribution is 2.36. The van der Waals surface area contributed by atoms with Crippen LogP contribution in [0, 0.1) is 0 Å². The van der Waals surface area contributed by atoms with Crippen molar-refractivity contribution in [1.82, 2.24) is 4.90 Å². The van der Waals surface area contributed by atoms with Crippen molar-refractivity contribution in [3.8, 4) is 0 Å². The first-order chi connectivity index (χ1) is 11.9. The number of aliphatic carboxylic acids is 1. The van der Waals surface area contributed by atoms with Crippen LogP contribution in [-0.2, 0) is 15.7 Å². The second kappa shape index (κ2) is 7.17. The van der Waals surface area contributed by atoms with Gasteiger partial charge in [0.05, 0.1) is 5.56 Å². The molecule has 1 aliphatic heterocycles. The number of piperidine rings is 1. The SMILES string of the molecule is CC(C)(C)OC(=O)N1CCC(c2cccc(C(F)(F)F)c2)CC1C(=O)O. The molecule has 0 bridgehead atoms. The lowest BCUT2D eigenvalue weighted by Crippen LogP contribution is -2.51. The second-order valence-corrected chi connectivity index (χ2v) is 7.37. The third-order valence-electron chi connectivity index (χ3n) is 4.20. The Hall–Kier alpha value is -2.25. The molecule has 1 aromatic rings. The fourth-order valence-corrected chi connectivity index (χ4v) is 3.01. The predicted molar refractivity (Wildman–Crippen MR) is 87.8 cm³/mol. The Morgan fingerprint density at radius 2 is 1.88 bits per heavy atom. The first-order valence-corrected chi connectivity index (χ1v) is 8.28. The van der Waals surface area contributed by atoms with Crippen LogP contribution in [0.2, 0.25) is 0 Å². The van der Waals surface area contributed by atoms with Crippen LogP contribution in [0.4, 0.5) is 18.0 Å². The van der Waals surface area contributed by atoms with E-state index in [9.17, 15) is 27.9 Å². The highest BCUT2D eigenvalue weighted by atomic mass is 19.4. The Morgan fingerprint density at radius 1 is 1.23 bits per heavy atom. The number of carbonyl (C=O) groups excluding carboxylic acids is 1. The molecule has 1 aromatic carbocycles. The molecule has 0 saturated carbocycles. The van der Waals surface area contributed by atoms with Gasteiger partial charge in [0.15, 0.2) is 0 Å². The number of amides is 1. The van der Waals surface area contributed by atoms with Gasteiger partial charge in [-0.2, -0.15) is 13.2 Å². The Balaban J connectivity index is 2.20. The van der Waals surface area contributed by atoms with Gasteiger partial charge in [0.2, 0.25) is 0 Å². The molecule has 1 heterocycles. The second-order valence-electron chi connectivity index (χ2n) is 7.37. The van der Waals surface area contributed by atoms with E-state index in [4.69, 9.17) is 4.74 Å². The normalized spacial score (nSPS) is 21.4. The number of alkyl halides is 3. The molecule has 2 atom stereocenters. The van der Waals surface area contributed by atoms with Crippen molar-refractivity contribution in [3.63, 3.8) is 0 Å². The maximum absolute atomic E-state index is 12.9. The molecule has 26 heavy (non-hydrogen) atoms. The van der Waals surface area contributed by atoms with Gasteiger partial charge in [0, 0.05) is 6.54 Å². The lowest BCUT2D eigenvalue weighted by Gasteiger charge is -2.38. The van der Waals surface area contributed by atoms with E-state index >= 15 is 0 Å². The lowest BCUT2D eigenvalue weighted by atomic mass is 9.85. The van der Waals surface area contributed by atoms with Crippen LogP contribution < -0.4 is 0 Å². The Labute approximate surface area is 149 Å². The molecule has 8 heteroatoms. The first-order valence-electron chi connectivity index (χ1n) is 8.28. The largest absolute Gasteiger partial charge is 0.480 e. The molecule has 0 aliphatic carbocycles. The quantitative estimate of drug-likeness (QED) is 0.841. The molecule has 0 radical (unpaired) electrons. The number of carbonyl (C=O) groups is 2. The van der Waals surface area contributed by atoms with Crippen LogP contribution in [0.3, 0.4) is 0 Å². The molecule has 0 spiro atoms. The summed E-state index contributed by atoms with van der Waals surface area (Å²) in [6, 6.07) is 3.76. The summed E-state index contributed by atoms with van der Waals surface area (Å²) < 4.78 is 43.9. The monoisotopic (exact) mass is 373 g/mol. The van der Waals surface area contributed by atoms with Crippen LogP contribution in [0.15, 0.2) is 24.3 Å². The fourth-order valence-electron chi connectivity index (χ4n) is 3.01. The highest BCUT2D eigenvalue weighted by molar-refractivity contribution is 5.80. The number of hydrogen-bond acceptors (Lipinski definition) is 3. The minimum absolute atomic E-state index is 0.0376. The average molecular weight is 373 g/mol. The van der Waals surface area contributed by atoms with Gasteiger partial charge in [-0.15, -0.1) is 0 Å². The zero-order valence-corrected chi connectivity index (χ0v) is 14.8. The summed E-state index contributed by atoms with van der Waals surface area (Å²) in [4.78, 5) is 25.0. The molecule has 1 amide bonds. The van der Waals surface area contributed by atoms with Crippen molar-refractivity contribution in [1.29, 1.82) is 0 Å². The summed E-state index contributed by atoms with van der Waals surface area (Å²) in [6.45, 7) is 5.13. The third-order valence-corrected chi connectivity index (χ3v) is 4.20. The number of likely N-dealkylation sites (tertiary alicyclic amines) is 1. The van der Waals surface area contributed by atoms with Crippen molar-refractivity contribution in [3.05, 3.63) is 35.4 Å². The molecule has 2 rings (SSSR count). The number of carboxylic acid groups (broad SMARTS) is 1. The van der Waals surface area contributed by atoms with E-state index in [0.29, 0.717) is 12.0 Å². The van der Waals surface area contributed by atoms with Gasteiger partial charge in [-0.25, -0.2) is 9.59 Å². The third kappa shape index (κ3) is 4.89. The van der Waals surface area contributed by atoms with Crippen molar-refractivity contribution >= 4 is 12.1 Å². The minimum Gasteiger partial charge on any atom is -0.480 e. The Morgan fingerprint density at radius 3 is 2.42 bits per heavy atom. The van der Waals surface area contributed by atoms with E-state index in [1.54, 1.807) is 26.8 Å². The average Bonchev–Trinajstić information content (AvgIpc) is 2.52. The number of carboxylic acids is 1. The summed E-state index contributed by atoms with van der Waals surface area (Å²) >= 11 is 0. The van der Waals surface area contributed by atoms with Gasteiger partial charge in [-0.05, 0) is 51.2 Å². The zero-order chi connectivity index (χ0) is 19.7. The van der Waals surface area contributed by atoms with Gasteiger partial charge < -0.3 is 9.84 Å². The lowest BCUT2D eigenvalue weighted by molar-refractivity contribution is -0.144. The van der Waals surface area contributed by atoms with E-state index in [1.165, 1.54) is 6.07 Å². The number of halogens is 3. The maximum Gasteiger partial charge on any atom is 0.416 e. The predicted octanol–water partition coefficient (Wildman–Crippen LogP) is 4.27. The number of nitrogens with zero attached hydrogens (tertiary/aromatic N) is 1. The summed E-state index contributed by atoms with van der Waals surface area (Å²) in [5, 5.41) is 9.47. The molecular weight excluding hydrogens is 351 g/mol. The number of rotatable bonds is 2. The van der Waals surface area contributed by atoms with E-state index in [2.05, 4.69) is 0 Å². The summed E-state index contributed by atoms with van der Waals surface area (Å²) in [5.74, 6) is -1.58. The van der Waals surface area contributed by atoms with Crippen LogP contribution in [0.25, 0.3) is 0 Å². The van der Waals surface area contributed by atoms with Crippen molar-refractivity contribution in [2.75, 3.05) is 6.54 Å². The molecule has 5 nitrogen and oxygen atoms in total. The van der Waals surface area contributed by atoms with Gasteiger partial charge in [0.1, 0.15) is 11.6 Å². The van der Waals surface area contributed by atoms with Gasteiger partial charge in [-0.1, -0.05) is 18.2 Å². The summed E-state index contributed by atoms with van der Waals surface area (Å²) in [6.07, 6.45) is -4.79. The van der Waals surface area contributed by atoms with Gasteiger partial charge >= 0.3 is 18.2 Å². The van der Waals surface area contributed by atoms with Crippen molar-refractivity contribution in [2.24, 2.45) is 0 Å². The summed E-state index contributed by atoms with van der Waals surface area (Å²) in [5.41, 5.74) is -1.11. The van der Waals surface area contributed by atoms with Gasteiger partial charge in [-0.3, -0.25) is 4.90 Å². The topological polar surface area (TPSA) is 66.8 Å². The number of benzene rings is 1. The first kappa shape index (κ1) is 20.1. The smallest absolute Gasteiger partial charge is 0.416 e. The minimum atomic E-state index is -4.46. The molecular formula is C18H22F3NO4.